The largest absolute Gasteiger partial charge is 0.466 e. The summed E-state index contributed by atoms with van der Waals surface area (Å²) in [6.45, 7) is 2.25. The summed E-state index contributed by atoms with van der Waals surface area (Å²) in [6.07, 6.45) is 3.19. The van der Waals surface area contributed by atoms with Crippen LogP contribution < -0.4 is 5.32 Å². The van der Waals surface area contributed by atoms with Crippen LogP contribution in [-0.2, 0) is 9.53 Å². The number of hydrogen-bond donors (Lipinski definition) is 1. The van der Waals surface area contributed by atoms with Crippen LogP contribution in [0.2, 0.25) is 0 Å². The van der Waals surface area contributed by atoms with Gasteiger partial charge in [-0.1, -0.05) is 12.1 Å². The van der Waals surface area contributed by atoms with Crippen LogP contribution in [0.15, 0.2) is 28.7 Å². The topological polar surface area (TPSA) is 55.4 Å². The number of carbonyl (C=O) groups is 2. The van der Waals surface area contributed by atoms with Gasteiger partial charge in [0.05, 0.1) is 18.1 Å². The number of esters is 1. The summed E-state index contributed by atoms with van der Waals surface area (Å²) in [7, 11) is 0. The zero-order valence-electron chi connectivity index (χ0n) is 12.1. The van der Waals surface area contributed by atoms with Crippen molar-refractivity contribution in [1.29, 1.82) is 0 Å². The van der Waals surface area contributed by atoms with E-state index in [1.807, 2.05) is 25.1 Å². The number of amides is 1. The molecule has 0 unspecified atom stereocenters. The normalized spacial score (nSPS) is 21.6. The van der Waals surface area contributed by atoms with Crippen molar-refractivity contribution in [3.05, 3.63) is 34.3 Å². The van der Waals surface area contributed by atoms with Gasteiger partial charge in [0.1, 0.15) is 0 Å². The Balaban J connectivity index is 1.85. The highest BCUT2D eigenvalue weighted by molar-refractivity contribution is 9.10. The van der Waals surface area contributed by atoms with Crippen LogP contribution in [0.5, 0.6) is 0 Å². The first kappa shape index (κ1) is 16.0. The Hall–Kier alpha value is -1.36. The molecule has 4 nitrogen and oxygen atoms in total. The SMILES string of the molecule is CCOC(=O)C1CCC(NC(=O)c2ccccc2Br)CC1. The van der Waals surface area contributed by atoms with Gasteiger partial charge in [-0.2, -0.15) is 0 Å². The monoisotopic (exact) mass is 353 g/mol. The predicted octanol–water partition coefficient (Wildman–Crippen LogP) is 3.30. The Morgan fingerprint density at radius 2 is 1.90 bits per heavy atom. The second-order valence-electron chi connectivity index (χ2n) is 5.25. The van der Waals surface area contributed by atoms with E-state index < -0.39 is 0 Å². The number of halogens is 1. The minimum atomic E-state index is -0.104. The van der Waals surface area contributed by atoms with E-state index in [9.17, 15) is 9.59 Å². The van der Waals surface area contributed by atoms with Crippen LogP contribution in [0.1, 0.15) is 43.0 Å². The molecule has 0 saturated heterocycles. The molecule has 1 aromatic carbocycles. The summed E-state index contributed by atoms with van der Waals surface area (Å²) in [5, 5.41) is 3.05. The minimum absolute atomic E-state index is 0.0124. The van der Waals surface area contributed by atoms with Crippen molar-refractivity contribution in [2.45, 2.75) is 38.6 Å². The molecule has 0 aliphatic heterocycles. The van der Waals surface area contributed by atoms with Gasteiger partial charge in [0, 0.05) is 10.5 Å². The van der Waals surface area contributed by atoms with Gasteiger partial charge in [-0.3, -0.25) is 9.59 Å². The molecule has 1 aliphatic carbocycles. The molecular formula is C16H20BrNO3. The van der Waals surface area contributed by atoms with Crippen molar-refractivity contribution < 1.29 is 14.3 Å². The molecule has 21 heavy (non-hydrogen) atoms. The van der Waals surface area contributed by atoms with E-state index in [0.717, 1.165) is 30.2 Å². The van der Waals surface area contributed by atoms with Gasteiger partial charge in [0.2, 0.25) is 0 Å². The standard InChI is InChI=1S/C16H20BrNO3/c1-2-21-16(20)11-7-9-12(10-8-11)18-15(19)13-5-3-4-6-14(13)17/h3-6,11-12H,2,7-10H2,1H3,(H,18,19). The Kier molecular flexibility index (Phi) is 5.79. The molecule has 0 aromatic heterocycles. The summed E-state index contributed by atoms with van der Waals surface area (Å²) >= 11 is 3.39. The zero-order chi connectivity index (χ0) is 15.2. The van der Waals surface area contributed by atoms with E-state index in [1.165, 1.54) is 0 Å². The van der Waals surface area contributed by atoms with Crippen LogP contribution in [0.3, 0.4) is 0 Å². The Morgan fingerprint density at radius 1 is 1.24 bits per heavy atom. The molecule has 0 spiro atoms. The van der Waals surface area contributed by atoms with Gasteiger partial charge in [-0.15, -0.1) is 0 Å². The fraction of sp³-hybridized carbons (Fsp3) is 0.500. The Labute approximate surface area is 133 Å². The number of hydrogen-bond acceptors (Lipinski definition) is 3. The highest BCUT2D eigenvalue weighted by Crippen LogP contribution is 2.26. The van der Waals surface area contributed by atoms with Crippen LogP contribution >= 0.6 is 15.9 Å². The van der Waals surface area contributed by atoms with Crippen molar-refractivity contribution in [3.8, 4) is 0 Å². The maximum Gasteiger partial charge on any atom is 0.308 e. The first-order valence-electron chi connectivity index (χ1n) is 7.33. The molecule has 2 rings (SSSR count). The number of benzene rings is 1. The van der Waals surface area contributed by atoms with Gasteiger partial charge in [-0.05, 0) is 60.7 Å². The van der Waals surface area contributed by atoms with Crippen molar-refractivity contribution in [3.63, 3.8) is 0 Å². The molecule has 1 fully saturated rings. The lowest BCUT2D eigenvalue weighted by atomic mass is 9.86. The molecule has 5 heteroatoms. The number of nitrogens with one attached hydrogen (secondary N) is 1. The van der Waals surface area contributed by atoms with E-state index in [1.54, 1.807) is 6.07 Å². The highest BCUT2D eigenvalue weighted by Gasteiger charge is 2.28. The van der Waals surface area contributed by atoms with Gasteiger partial charge in [-0.25, -0.2) is 0 Å². The second-order valence-corrected chi connectivity index (χ2v) is 6.11. The summed E-state index contributed by atoms with van der Waals surface area (Å²) in [5.41, 5.74) is 0.644. The first-order chi connectivity index (χ1) is 10.1. The van der Waals surface area contributed by atoms with Crippen molar-refractivity contribution in [1.82, 2.24) is 5.32 Å². The van der Waals surface area contributed by atoms with Gasteiger partial charge in [0.15, 0.2) is 0 Å². The lowest BCUT2D eigenvalue weighted by Gasteiger charge is -2.27. The third-order valence-corrected chi connectivity index (χ3v) is 4.49. The highest BCUT2D eigenvalue weighted by atomic mass is 79.9. The number of carbonyl (C=O) groups excluding carboxylic acids is 2. The maximum absolute atomic E-state index is 12.2. The molecule has 1 aromatic rings. The van der Waals surface area contributed by atoms with Crippen LogP contribution in [0.25, 0.3) is 0 Å². The maximum atomic E-state index is 12.2. The fourth-order valence-electron chi connectivity index (χ4n) is 2.64. The Morgan fingerprint density at radius 3 is 2.52 bits per heavy atom. The zero-order valence-corrected chi connectivity index (χ0v) is 13.7. The van der Waals surface area contributed by atoms with Crippen LogP contribution in [0.4, 0.5) is 0 Å². The summed E-state index contributed by atoms with van der Waals surface area (Å²) in [6, 6.07) is 7.51. The third-order valence-electron chi connectivity index (χ3n) is 3.80. The molecule has 1 amide bonds. The van der Waals surface area contributed by atoms with E-state index in [2.05, 4.69) is 21.2 Å². The third kappa shape index (κ3) is 4.30. The average molecular weight is 354 g/mol. The van der Waals surface area contributed by atoms with E-state index >= 15 is 0 Å². The van der Waals surface area contributed by atoms with Gasteiger partial charge < -0.3 is 10.1 Å². The van der Waals surface area contributed by atoms with E-state index in [4.69, 9.17) is 4.74 Å². The molecule has 0 bridgehead atoms. The lowest BCUT2D eigenvalue weighted by molar-refractivity contribution is -0.149. The van der Waals surface area contributed by atoms with Crippen LogP contribution in [-0.4, -0.2) is 24.5 Å². The molecule has 0 radical (unpaired) electrons. The first-order valence-corrected chi connectivity index (χ1v) is 8.13. The number of rotatable bonds is 4. The molecule has 1 saturated carbocycles. The summed E-state index contributed by atoms with van der Waals surface area (Å²) in [5.74, 6) is -0.184. The second kappa shape index (κ2) is 7.59. The number of ether oxygens (including phenoxy) is 1. The summed E-state index contributed by atoms with van der Waals surface area (Å²) < 4.78 is 5.84. The van der Waals surface area contributed by atoms with Crippen molar-refractivity contribution >= 4 is 27.8 Å². The molecule has 0 heterocycles. The van der Waals surface area contributed by atoms with Gasteiger partial charge >= 0.3 is 5.97 Å². The fourth-order valence-corrected chi connectivity index (χ4v) is 3.11. The molecule has 0 atom stereocenters. The minimum Gasteiger partial charge on any atom is -0.466 e. The van der Waals surface area contributed by atoms with Gasteiger partial charge in [0.25, 0.3) is 5.91 Å². The Bertz CT molecular complexity index is 510. The predicted molar refractivity (Wildman–Crippen MR) is 84.0 cm³/mol. The molecular weight excluding hydrogens is 334 g/mol. The van der Waals surface area contributed by atoms with Crippen molar-refractivity contribution in [2.24, 2.45) is 5.92 Å². The molecule has 1 N–H and O–H groups in total. The molecule has 114 valence electrons. The molecule has 1 aliphatic rings. The van der Waals surface area contributed by atoms with E-state index in [0.29, 0.717) is 12.2 Å². The smallest absolute Gasteiger partial charge is 0.308 e. The van der Waals surface area contributed by atoms with Crippen LogP contribution in [0, 0.1) is 5.92 Å². The van der Waals surface area contributed by atoms with E-state index in [-0.39, 0.29) is 23.8 Å². The average Bonchev–Trinajstić information content (AvgIpc) is 2.48. The quantitative estimate of drug-likeness (QED) is 0.844. The summed E-state index contributed by atoms with van der Waals surface area (Å²) in [4.78, 5) is 23.9. The lowest BCUT2D eigenvalue weighted by Crippen LogP contribution is -2.39. The van der Waals surface area contributed by atoms with Crippen molar-refractivity contribution in [2.75, 3.05) is 6.61 Å².